The highest BCUT2D eigenvalue weighted by Crippen LogP contribution is 2.22. The standard InChI is InChI=1S/C21H20N4O4/c26-21(15-17-14-20(29-22-17)16-4-2-1-3-5-16)24-12-10-23(11-13-24)18-6-8-19(9-7-18)25(27)28/h1-9,14H,10-13,15H2. The molecule has 0 radical (unpaired) electrons. The van der Waals surface area contributed by atoms with E-state index in [0.717, 1.165) is 11.3 Å². The lowest BCUT2D eigenvalue weighted by Gasteiger charge is -2.36. The van der Waals surface area contributed by atoms with Crippen LogP contribution in [0.4, 0.5) is 11.4 Å². The van der Waals surface area contributed by atoms with Crippen LogP contribution in [0.25, 0.3) is 11.3 Å². The second-order valence-corrected chi connectivity index (χ2v) is 6.87. The number of anilines is 1. The SMILES string of the molecule is O=C(Cc1cc(-c2ccccc2)on1)N1CCN(c2ccc([N+](=O)[O-])cc2)CC1. The summed E-state index contributed by atoms with van der Waals surface area (Å²) in [5, 5.41) is 14.8. The second kappa shape index (κ2) is 8.14. The normalized spacial score (nSPS) is 14.1. The number of piperazine rings is 1. The molecule has 29 heavy (non-hydrogen) atoms. The zero-order chi connectivity index (χ0) is 20.2. The van der Waals surface area contributed by atoms with Crippen LogP contribution in [-0.4, -0.2) is 47.1 Å². The van der Waals surface area contributed by atoms with Crippen LogP contribution in [0.2, 0.25) is 0 Å². The number of nitro benzene ring substituents is 1. The van der Waals surface area contributed by atoms with Gasteiger partial charge in [0.1, 0.15) is 0 Å². The molecule has 2 heterocycles. The Morgan fingerprint density at radius 3 is 2.38 bits per heavy atom. The molecule has 8 nitrogen and oxygen atoms in total. The van der Waals surface area contributed by atoms with Gasteiger partial charge in [-0.3, -0.25) is 14.9 Å². The number of nitrogens with zero attached hydrogens (tertiary/aromatic N) is 4. The van der Waals surface area contributed by atoms with E-state index in [4.69, 9.17) is 4.52 Å². The van der Waals surface area contributed by atoms with Crippen LogP contribution in [0.3, 0.4) is 0 Å². The number of carbonyl (C=O) groups is 1. The molecular weight excluding hydrogens is 372 g/mol. The van der Waals surface area contributed by atoms with Crippen molar-refractivity contribution in [1.29, 1.82) is 0 Å². The zero-order valence-corrected chi connectivity index (χ0v) is 15.7. The van der Waals surface area contributed by atoms with Crippen molar-refractivity contribution in [2.45, 2.75) is 6.42 Å². The third kappa shape index (κ3) is 4.26. The maximum Gasteiger partial charge on any atom is 0.269 e. The molecule has 0 spiro atoms. The van der Waals surface area contributed by atoms with Crippen molar-refractivity contribution in [2.75, 3.05) is 31.1 Å². The van der Waals surface area contributed by atoms with Gasteiger partial charge in [-0.25, -0.2) is 0 Å². The first-order valence-corrected chi connectivity index (χ1v) is 9.38. The number of rotatable bonds is 5. The molecule has 0 saturated carbocycles. The lowest BCUT2D eigenvalue weighted by Crippen LogP contribution is -2.49. The monoisotopic (exact) mass is 392 g/mol. The Bertz CT molecular complexity index is 993. The van der Waals surface area contributed by atoms with Gasteiger partial charge in [-0.15, -0.1) is 0 Å². The number of hydrogen-bond donors (Lipinski definition) is 0. The van der Waals surface area contributed by atoms with Crippen molar-refractivity contribution in [3.05, 3.63) is 76.5 Å². The highest BCUT2D eigenvalue weighted by Gasteiger charge is 2.23. The van der Waals surface area contributed by atoms with Crippen LogP contribution in [0.5, 0.6) is 0 Å². The third-order valence-corrected chi connectivity index (χ3v) is 5.01. The number of benzene rings is 2. The van der Waals surface area contributed by atoms with Gasteiger partial charge >= 0.3 is 0 Å². The Morgan fingerprint density at radius 1 is 1.03 bits per heavy atom. The van der Waals surface area contributed by atoms with Gasteiger partial charge in [0.2, 0.25) is 5.91 Å². The van der Waals surface area contributed by atoms with E-state index in [-0.39, 0.29) is 18.0 Å². The Labute approximate surface area is 167 Å². The molecule has 1 aliphatic rings. The fourth-order valence-corrected chi connectivity index (χ4v) is 3.40. The maximum atomic E-state index is 12.6. The van der Waals surface area contributed by atoms with Crippen molar-refractivity contribution in [3.8, 4) is 11.3 Å². The number of hydrogen-bond acceptors (Lipinski definition) is 6. The second-order valence-electron chi connectivity index (χ2n) is 6.87. The fraction of sp³-hybridized carbons (Fsp3) is 0.238. The van der Waals surface area contributed by atoms with Gasteiger partial charge in [-0.05, 0) is 12.1 Å². The number of nitro groups is 1. The van der Waals surface area contributed by atoms with Gasteiger partial charge in [-0.2, -0.15) is 0 Å². The summed E-state index contributed by atoms with van der Waals surface area (Å²) in [6.07, 6.45) is 0.202. The molecule has 8 heteroatoms. The van der Waals surface area contributed by atoms with Crippen LogP contribution < -0.4 is 4.90 Å². The molecule has 3 aromatic rings. The first-order chi connectivity index (χ1) is 14.1. The number of carbonyl (C=O) groups excluding carboxylic acids is 1. The summed E-state index contributed by atoms with van der Waals surface area (Å²) in [5.41, 5.74) is 2.54. The van der Waals surface area contributed by atoms with E-state index in [0.29, 0.717) is 37.6 Å². The zero-order valence-electron chi connectivity index (χ0n) is 15.7. The molecule has 0 aliphatic carbocycles. The molecular formula is C21H20N4O4. The molecule has 1 amide bonds. The van der Waals surface area contributed by atoms with Gasteiger partial charge in [0, 0.05) is 55.6 Å². The van der Waals surface area contributed by atoms with Gasteiger partial charge in [-0.1, -0.05) is 35.5 Å². The summed E-state index contributed by atoms with van der Waals surface area (Å²) in [5.74, 6) is 0.664. The van der Waals surface area contributed by atoms with Crippen molar-refractivity contribution in [2.24, 2.45) is 0 Å². The number of amides is 1. The highest BCUT2D eigenvalue weighted by atomic mass is 16.6. The molecule has 4 rings (SSSR count). The first kappa shape index (κ1) is 18.7. The summed E-state index contributed by atoms with van der Waals surface area (Å²) < 4.78 is 5.36. The highest BCUT2D eigenvalue weighted by molar-refractivity contribution is 5.79. The summed E-state index contributed by atoms with van der Waals surface area (Å²) in [7, 11) is 0. The van der Waals surface area contributed by atoms with Crippen LogP contribution in [0.15, 0.2) is 65.2 Å². The van der Waals surface area contributed by atoms with Crippen LogP contribution in [0.1, 0.15) is 5.69 Å². The van der Waals surface area contributed by atoms with E-state index in [1.807, 2.05) is 35.2 Å². The lowest BCUT2D eigenvalue weighted by atomic mass is 10.1. The fourth-order valence-electron chi connectivity index (χ4n) is 3.40. The van der Waals surface area contributed by atoms with E-state index < -0.39 is 4.92 Å². The predicted octanol–water partition coefficient (Wildman–Crippen LogP) is 3.14. The molecule has 1 aliphatic heterocycles. The van der Waals surface area contributed by atoms with Gasteiger partial charge < -0.3 is 14.3 Å². The molecule has 1 fully saturated rings. The molecule has 1 aromatic heterocycles. The van der Waals surface area contributed by atoms with Gasteiger partial charge in [0.25, 0.3) is 5.69 Å². The molecule has 148 valence electrons. The van der Waals surface area contributed by atoms with Gasteiger partial charge in [0.15, 0.2) is 5.76 Å². The molecule has 0 bridgehead atoms. The van der Waals surface area contributed by atoms with Crippen molar-refractivity contribution in [1.82, 2.24) is 10.1 Å². The Morgan fingerprint density at radius 2 is 1.72 bits per heavy atom. The van der Waals surface area contributed by atoms with Crippen molar-refractivity contribution in [3.63, 3.8) is 0 Å². The minimum absolute atomic E-state index is 0.0151. The minimum atomic E-state index is -0.409. The molecule has 2 aromatic carbocycles. The average Bonchev–Trinajstić information content (AvgIpc) is 3.23. The predicted molar refractivity (Wildman–Crippen MR) is 108 cm³/mol. The largest absolute Gasteiger partial charge is 0.368 e. The number of aromatic nitrogens is 1. The van der Waals surface area contributed by atoms with Crippen molar-refractivity contribution < 1.29 is 14.2 Å². The van der Waals surface area contributed by atoms with E-state index in [9.17, 15) is 14.9 Å². The first-order valence-electron chi connectivity index (χ1n) is 9.38. The van der Waals surface area contributed by atoms with Gasteiger partial charge in [0.05, 0.1) is 17.0 Å². The van der Waals surface area contributed by atoms with E-state index >= 15 is 0 Å². The number of non-ortho nitro benzene ring substituents is 1. The molecule has 0 unspecified atom stereocenters. The van der Waals surface area contributed by atoms with Crippen LogP contribution in [-0.2, 0) is 11.2 Å². The topological polar surface area (TPSA) is 92.7 Å². The third-order valence-electron chi connectivity index (χ3n) is 5.01. The smallest absolute Gasteiger partial charge is 0.269 e. The summed E-state index contributed by atoms with van der Waals surface area (Å²) in [6, 6.07) is 17.9. The summed E-state index contributed by atoms with van der Waals surface area (Å²) >= 11 is 0. The van der Waals surface area contributed by atoms with E-state index in [2.05, 4.69) is 10.1 Å². The van der Waals surface area contributed by atoms with Crippen LogP contribution >= 0.6 is 0 Å². The van der Waals surface area contributed by atoms with E-state index in [1.54, 1.807) is 18.2 Å². The molecule has 0 atom stereocenters. The van der Waals surface area contributed by atoms with Crippen molar-refractivity contribution >= 4 is 17.3 Å². The Hall–Kier alpha value is -3.68. The van der Waals surface area contributed by atoms with E-state index in [1.165, 1.54) is 12.1 Å². The quantitative estimate of drug-likeness (QED) is 0.489. The average molecular weight is 392 g/mol. The molecule has 1 saturated heterocycles. The van der Waals surface area contributed by atoms with Crippen LogP contribution in [0, 0.1) is 10.1 Å². The minimum Gasteiger partial charge on any atom is -0.368 e. The Kier molecular flexibility index (Phi) is 5.24. The summed E-state index contributed by atoms with van der Waals surface area (Å²) in [6.45, 7) is 2.55. The summed E-state index contributed by atoms with van der Waals surface area (Å²) in [4.78, 5) is 26.9. The Balaban J connectivity index is 1.32. The lowest BCUT2D eigenvalue weighted by molar-refractivity contribution is -0.384. The molecule has 0 N–H and O–H groups in total. The maximum absolute atomic E-state index is 12.6.